The second kappa shape index (κ2) is 9.70. The molecule has 1 aromatic heterocycles. The molecule has 4 aromatic rings. The van der Waals surface area contributed by atoms with Crippen molar-refractivity contribution < 1.29 is 9.59 Å². The SMILES string of the molecule is CCC(=O)Nc1ccc(C)cc1-c1nc2ccccc2n(CC(=O)Nc2cccc(C)c2)c1=O. The van der Waals surface area contributed by atoms with Crippen molar-refractivity contribution in [2.24, 2.45) is 0 Å². The summed E-state index contributed by atoms with van der Waals surface area (Å²) >= 11 is 0. The van der Waals surface area contributed by atoms with Gasteiger partial charge in [0.05, 0.1) is 16.7 Å². The number of rotatable bonds is 6. The van der Waals surface area contributed by atoms with Crippen LogP contribution in [-0.2, 0) is 16.1 Å². The van der Waals surface area contributed by atoms with Gasteiger partial charge < -0.3 is 10.6 Å². The fourth-order valence-electron chi connectivity index (χ4n) is 3.79. The molecule has 0 aliphatic rings. The molecule has 0 atom stereocenters. The van der Waals surface area contributed by atoms with E-state index in [9.17, 15) is 14.4 Å². The van der Waals surface area contributed by atoms with E-state index in [-0.39, 0.29) is 24.1 Å². The van der Waals surface area contributed by atoms with Gasteiger partial charge in [0.2, 0.25) is 11.8 Å². The van der Waals surface area contributed by atoms with Gasteiger partial charge in [-0.2, -0.15) is 0 Å². The Kier molecular flexibility index (Phi) is 6.54. The molecule has 0 fully saturated rings. The van der Waals surface area contributed by atoms with Crippen molar-refractivity contribution in [1.82, 2.24) is 9.55 Å². The summed E-state index contributed by atoms with van der Waals surface area (Å²) in [6, 6.07) is 20.1. The maximum absolute atomic E-state index is 13.7. The fourth-order valence-corrected chi connectivity index (χ4v) is 3.79. The monoisotopic (exact) mass is 454 g/mol. The highest BCUT2D eigenvalue weighted by Gasteiger charge is 2.18. The molecule has 0 spiro atoms. The smallest absolute Gasteiger partial charge is 0.278 e. The zero-order valence-electron chi connectivity index (χ0n) is 19.4. The van der Waals surface area contributed by atoms with E-state index in [4.69, 9.17) is 0 Å². The summed E-state index contributed by atoms with van der Waals surface area (Å²) in [5.41, 5.74) is 4.54. The van der Waals surface area contributed by atoms with E-state index in [1.54, 1.807) is 37.3 Å². The number of nitrogens with one attached hydrogen (secondary N) is 2. The molecule has 7 heteroatoms. The van der Waals surface area contributed by atoms with Crippen molar-refractivity contribution in [2.75, 3.05) is 10.6 Å². The Hall–Kier alpha value is -4.26. The average Bonchev–Trinajstić information content (AvgIpc) is 2.81. The van der Waals surface area contributed by atoms with Crippen molar-refractivity contribution in [1.29, 1.82) is 0 Å². The van der Waals surface area contributed by atoms with Crippen LogP contribution in [0.15, 0.2) is 71.5 Å². The van der Waals surface area contributed by atoms with Crippen molar-refractivity contribution in [3.63, 3.8) is 0 Å². The number of carbonyl (C=O) groups excluding carboxylic acids is 2. The summed E-state index contributed by atoms with van der Waals surface area (Å²) < 4.78 is 1.43. The van der Waals surface area contributed by atoms with E-state index < -0.39 is 5.56 Å². The van der Waals surface area contributed by atoms with E-state index >= 15 is 0 Å². The third-order valence-corrected chi connectivity index (χ3v) is 5.48. The number of carbonyl (C=O) groups is 2. The normalized spacial score (nSPS) is 10.8. The largest absolute Gasteiger partial charge is 0.325 e. The molecule has 0 aliphatic carbocycles. The number of nitrogens with zero attached hydrogens (tertiary/aromatic N) is 2. The molecule has 7 nitrogen and oxygen atoms in total. The maximum atomic E-state index is 13.7. The number of amides is 2. The van der Waals surface area contributed by atoms with Crippen LogP contribution < -0.4 is 16.2 Å². The van der Waals surface area contributed by atoms with Crippen molar-refractivity contribution >= 4 is 34.2 Å². The quantitative estimate of drug-likeness (QED) is 0.443. The van der Waals surface area contributed by atoms with Crippen LogP contribution in [0.2, 0.25) is 0 Å². The number of benzene rings is 3. The highest BCUT2D eigenvalue weighted by atomic mass is 16.2. The summed E-state index contributed by atoms with van der Waals surface area (Å²) in [6.07, 6.45) is 0.307. The van der Waals surface area contributed by atoms with E-state index in [0.29, 0.717) is 34.4 Å². The molecule has 0 aliphatic heterocycles. The molecule has 0 bridgehead atoms. The van der Waals surface area contributed by atoms with Crippen LogP contribution >= 0.6 is 0 Å². The van der Waals surface area contributed by atoms with Crippen molar-refractivity contribution in [3.8, 4) is 11.3 Å². The second-order valence-electron chi connectivity index (χ2n) is 8.21. The zero-order chi connectivity index (χ0) is 24.2. The number of anilines is 2. The minimum atomic E-state index is -0.407. The molecule has 0 unspecified atom stereocenters. The molecule has 34 heavy (non-hydrogen) atoms. The van der Waals surface area contributed by atoms with Crippen LogP contribution in [0, 0.1) is 13.8 Å². The van der Waals surface area contributed by atoms with Gasteiger partial charge in [0.25, 0.3) is 5.56 Å². The molecule has 0 radical (unpaired) electrons. The zero-order valence-corrected chi connectivity index (χ0v) is 19.4. The lowest BCUT2D eigenvalue weighted by Crippen LogP contribution is -2.30. The first-order valence-corrected chi connectivity index (χ1v) is 11.1. The van der Waals surface area contributed by atoms with Gasteiger partial charge in [0.1, 0.15) is 12.2 Å². The summed E-state index contributed by atoms with van der Waals surface area (Å²) in [5.74, 6) is -0.484. The number of aryl methyl sites for hydroxylation is 2. The Morgan fingerprint density at radius 1 is 0.882 bits per heavy atom. The molecular weight excluding hydrogens is 428 g/mol. The Bertz CT molecular complexity index is 1460. The molecule has 172 valence electrons. The van der Waals surface area contributed by atoms with Crippen LogP contribution in [0.25, 0.3) is 22.3 Å². The van der Waals surface area contributed by atoms with E-state index in [1.165, 1.54) is 4.57 Å². The first-order valence-electron chi connectivity index (χ1n) is 11.1. The second-order valence-corrected chi connectivity index (χ2v) is 8.21. The highest BCUT2D eigenvalue weighted by molar-refractivity contribution is 5.96. The van der Waals surface area contributed by atoms with Crippen LogP contribution in [0.3, 0.4) is 0 Å². The van der Waals surface area contributed by atoms with Crippen molar-refractivity contribution in [2.45, 2.75) is 33.7 Å². The molecule has 3 aromatic carbocycles. The summed E-state index contributed by atoms with van der Waals surface area (Å²) in [5, 5.41) is 5.71. The van der Waals surface area contributed by atoms with Crippen LogP contribution in [0.5, 0.6) is 0 Å². The first kappa shape index (κ1) is 22.9. The molecule has 0 saturated heterocycles. The van der Waals surface area contributed by atoms with E-state index in [0.717, 1.165) is 11.1 Å². The highest BCUT2D eigenvalue weighted by Crippen LogP contribution is 2.27. The lowest BCUT2D eigenvalue weighted by molar-refractivity contribution is -0.117. The molecular formula is C27H26N4O3. The molecule has 2 amide bonds. The number of aromatic nitrogens is 2. The number of para-hydroxylation sites is 2. The number of hydrogen-bond acceptors (Lipinski definition) is 4. The predicted molar refractivity (Wildman–Crippen MR) is 135 cm³/mol. The van der Waals surface area contributed by atoms with Crippen LogP contribution in [0.4, 0.5) is 11.4 Å². The van der Waals surface area contributed by atoms with Crippen LogP contribution in [0.1, 0.15) is 24.5 Å². The van der Waals surface area contributed by atoms with E-state index in [2.05, 4.69) is 15.6 Å². The standard InChI is InChI=1S/C27H26N4O3/c1-4-24(32)29-21-13-12-18(3)15-20(21)26-27(34)31(23-11-6-5-10-22(23)30-26)16-25(33)28-19-9-7-8-17(2)14-19/h5-15H,4,16H2,1-3H3,(H,28,33)(H,29,32). The molecule has 4 rings (SSSR count). The lowest BCUT2D eigenvalue weighted by Gasteiger charge is -2.15. The third kappa shape index (κ3) is 4.88. The van der Waals surface area contributed by atoms with Gasteiger partial charge in [0, 0.05) is 17.7 Å². The topological polar surface area (TPSA) is 93.1 Å². The predicted octanol–water partition coefficient (Wildman–Crippen LogP) is 4.67. The number of hydrogen-bond donors (Lipinski definition) is 2. The Morgan fingerprint density at radius 2 is 1.65 bits per heavy atom. The Balaban J connectivity index is 1.81. The van der Waals surface area contributed by atoms with Gasteiger partial charge in [-0.1, -0.05) is 42.8 Å². The third-order valence-electron chi connectivity index (χ3n) is 5.48. The van der Waals surface area contributed by atoms with Crippen molar-refractivity contribution in [3.05, 3.63) is 88.2 Å². The van der Waals surface area contributed by atoms with Gasteiger partial charge in [0.15, 0.2) is 0 Å². The van der Waals surface area contributed by atoms with Gasteiger partial charge in [-0.15, -0.1) is 0 Å². The van der Waals surface area contributed by atoms with Crippen LogP contribution in [-0.4, -0.2) is 21.4 Å². The summed E-state index contributed by atoms with van der Waals surface area (Å²) in [4.78, 5) is 43.3. The fraction of sp³-hybridized carbons (Fsp3) is 0.185. The molecule has 0 saturated carbocycles. The van der Waals surface area contributed by atoms with Gasteiger partial charge in [-0.25, -0.2) is 4.98 Å². The van der Waals surface area contributed by atoms with Gasteiger partial charge >= 0.3 is 0 Å². The van der Waals surface area contributed by atoms with Gasteiger partial charge in [-0.3, -0.25) is 19.0 Å². The Labute approximate surface area is 197 Å². The average molecular weight is 455 g/mol. The Morgan fingerprint density at radius 3 is 2.41 bits per heavy atom. The van der Waals surface area contributed by atoms with Gasteiger partial charge in [-0.05, 0) is 55.8 Å². The summed E-state index contributed by atoms with van der Waals surface area (Å²) in [7, 11) is 0. The summed E-state index contributed by atoms with van der Waals surface area (Å²) in [6.45, 7) is 5.44. The molecule has 2 N–H and O–H groups in total. The first-order chi connectivity index (χ1) is 16.4. The minimum absolute atomic E-state index is 0.163. The number of fused-ring (bicyclic) bond motifs is 1. The lowest BCUT2D eigenvalue weighted by atomic mass is 10.1. The van der Waals surface area contributed by atoms with E-state index in [1.807, 2.05) is 50.2 Å². The maximum Gasteiger partial charge on any atom is 0.278 e. The minimum Gasteiger partial charge on any atom is -0.325 e. The molecule has 1 heterocycles.